The van der Waals surface area contributed by atoms with Gasteiger partial charge in [0, 0.05) is 30.0 Å². The van der Waals surface area contributed by atoms with E-state index in [1.54, 1.807) is 0 Å². The number of nitrogens with one attached hydrogen (secondary N) is 1. The molecule has 1 N–H and O–H groups in total. The van der Waals surface area contributed by atoms with E-state index in [-0.39, 0.29) is 0 Å². The predicted molar refractivity (Wildman–Crippen MR) is 87.6 cm³/mol. The van der Waals surface area contributed by atoms with Crippen molar-refractivity contribution in [3.05, 3.63) is 35.6 Å². The normalized spacial score (nSPS) is 17.6. The van der Waals surface area contributed by atoms with E-state index in [1.807, 2.05) is 6.07 Å². The second-order valence-corrected chi connectivity index (χ2v) is 5.94. The number of furan rings is 1. The first-order valence-electron chi connectivity index (χ1n) is 8.26. The molecule has 1 aliphatic rings. The van der Waals surface area contributed by atoms with Gasteiger partial charge in [-0.25, -0.2) is 0 Å². The molecule has 1 fully saturated rings. The molecule has 0 bridgehead atoms. The Morgan fingerprint density at radius 2 is 1.95 bits per heavy atom. The molecular weight excluding hydrogens is 260 g/mol. The highest BCUT2D eigenvalue weighted by Gasteiger charge is 2.19. The minimum atomic E-state index is 0.645. The first-order chi connectivity index (χ1) is 10.3. The Hall–Kier alpha value is -1.32. The smallest absolute Gasteiger partial charge is 0.134 e. The van der Waals surface area contributed by atoms with Gasteiger partial charge in [-0.15, -0.1) is 0 Å². The zero-order valence-electron chi connectivity index (χ0n) is 13.2. The lowest BCUT2D eigenvalue weighted by Gasteiger charge is -2.31. The van der Waals surface area contributed by atoms with E-state index >= 15 is 0 Å². The summed E-state index contributed by atoms with van der Waals surface area (Å²) in [5.74, 6) is 1.13. The summed E-state index contributed by atoms with van der Waals surface area (Å²) in [5, 5.41) is 5.02. The van der Waals surface area contributed by atoms with Crippen molar-refractivity contribution in [2.75, 3.05) is 19.6 Å². The van der Waals surface area contributed by atoms with Crippen LogP contribution < -0.4 is 5.32 Å². The van der Waals surface area contributed by atoms with Gasteiger partial charge in [-0.1, -0.05) is 32.0 Å². The van der Waals surface area contributed by atoms with Crippen LogP contribution in [-0.2, 0) is 13.0 Å². The Morgan fingerprint density at radius 1 is 1.19 bits per heavy atom. The highest BCUT2D eigenvalue weighted by atomic mass is 16.3. The Morgan fingerprint density at radius 3 is 2.67 bits per heavy atom. The van der Waals surface area contributed by atoms with Gasteiger partial charge >= 0.3 is 0 Å². The van der Waals surface area contributed by atoms with Gasteiger partial charge < -0.3 is 14.6 Å². The van der Waals surface area contributed by atoms with E-state index in [0.717, 1.165) is 24.3 Å². The Balaban J connectivity index is 1.68. The van der Waals surface area contributed by atoms with E-state index in [4.69, 9.17) is 4.42 Å². The fourth-order valence-corrected chi connectivity index (χ4v) is 3.33. The number of hydrogen-bond acceptors (Lipinski definition) is 3. The van der Waals surface area contributed by atoms with Crippen LogP contribution in [0.25, 0.3) is 11.0 Å². The quantitative estimate of drug-likeness (QED) is 0.911. The highest BCUT2D eigenvalue weighted by molar-refractivity contribution is 5.82. The molecule has 1 aliphatic heterocycles. The molecule has 3 rings (SSSR count). The number of fused-ring (bicyclic) bond motifs is 1. The van der Waals surface area contributed by atoms with Crippen LogP contribution in [0.1, 0.15) is 38.0 Å². The van der Waals surface area contributed by atoms with Crippen LogP contribution in [0.4, 0.5) is 0 Å². The van der Waals surface area contributed by atoms with Crippen molar-refractivity contribution < 1.29 is 4.42 Å². The van der Waals surface area contributed by atoms with Crippen LogP contribution in [-0.4, -0.2) is 30.6 Å². The molecule has 114 valence electrons. The standard InChI is InChI=1S/C18H26N2O/c1-3-17-16(15-7-5-6-8-18(15)21-17)13-19-14-9-11-20(4-2)12-10-14/h5-8,14,19H,3-4,9-13H2,1-2H3. The Bertz CT molecular complexity index is 582. The van der Waals surface area contributed by atoms with Gasteiger partial charge in [-0.05, 0) is 38.5 Å². The monoisotopic (exact) mass is 286 g/mol. The molecule has 0 amide bonds. The number of para-hydroxylation sites is 1. The van der Waals surface area contributed by atoms with Crippen LogP contribution in [0.2, 0.25) is 0 Å². The lowest BCUT2D eigenvalue weighted by atomic mass is 10.0. The second kappa shape index (κ2) is 6.63. The summed E-state index contributed by atoms with van der Waals surface area (Å²) in [4.78, 5) is 2.53. The van der Waals surface area contributed by atoms with Gasteiger partial charge in [-0.2, -0.15) is 0 Å². The first-order valence-corrected chi connectivity index (χ1v) is 8.26. The zero-order chi connectivity index (χ0) is 14.7. The molecule has 0 aliphatic carbocycles. The van der Waals surface area contributed by atoms with Crippen molar-refractivity contribution in [2.24, 2.45) is 0 Å². The van der Waals surface area contributed by atoms with Crippen molar-refractivity contribution in [1.82, 2.24) is 10.2 Å². The van der Waals surface area contributed by atoms with Crippen LogP contribution in [0.5, 0.6) is 0 Å². The number of benzene rings is 1. The molecule has 2 aromatic rings. The topological polar surface area (TPSA) is 28.4 Å². The molecule has 1 saturated heterocycles. The number of piperidine rings is 1. The SMILES string of the molecule is CCc1oc2ccccc2c1CNC1CCN(CC)CC1. The molecule has 0 radical (unpaired) electrons. The van der Waals surface area contributed by atoms with Gasteiger partial charge in [0.2, 0.25) is 0 Å². The van der Waals surface area contributed by atoms with Gasteiger partial charge in [0.05, 0.1) is 0 Å². The fraction of sp³-hybridized carbons (Fsp3) is 0.556. The Kier molecular flexibility index (Phi) is 4.61. The molecular formula is C18H26N2O. The highest BCUT2D eigenvalue weighted by Crippen LogP contribution is 2.26. The van der Waals surface area contributed by atoms with Gasteiger partial charge in [-0.3, -0.25) is 0 Å². The van der Waals surface area contributed by atoms with Crippen molar-refractivity contribution in [2.45, 2.75) is 45.7 Å². The number of aryl methyl sites for hydroxylation is 1. The molecule has 2 heterocycles. The van der Waals surface area contributed by atoms with E-state index in [9.17, 15) is 0 Å². The molecule has 3 nitrogen and oxygen atoms in total. The minimum absolute atomic E-state index is 0.645. The third kappa shape index (κ3) is 3.14. The third-order valence-electron chi connectivity index (χ3n) is 4.71. The number of hydrogen-bond donors (Lipinski definition) is 1. The number of rotatable bonds is 5. The van der Waals surface area contributed by atoms with Crippen LogP contribution >= 0.6 is 0 Å². The predicted octanol–water partition coefficient (Wildman–Crippen LogP) is 3.57. The summed E-state index contributed by atoms with van der Waals surface area (Å²) in [5.41, 5.74) is 2.37. The first kappa shape index (κ1) is 14.6. The van der Waals surface area contributed by atoms with Gasteiger partial charge in [0.25, 0.3) is 0 Å². The lowest BCUT2D eigenvalue weighted by molar-refractivity contribution is 0.206. The summed E-state index contributed by atoms with van der Waals surface area (Å²) in [7, 11) is 0. The summed E-state index contributed by atoms with van der Waals surface area (Å²) in [6, 6.07) is 9.03. The molecule has 1 aromatic carbocycles. The van der Waals surface area contributed by atoms with E-state index < -0.39 is 0 Å². The maximum atomic E-state index is 5.97. The fourth-order valence-electron chi connectivity index (χ4n) is 3.33. The van der Waals surface area contributed by atoms with Crippen LogP contribution in [0, 0.1) is 0 Å². The third-order valence-corrected chi connectivity index (χ3v) is 4.71. The van der Waals surface area contributed by atoms with Gasteiger partial charge in [0.1, 0.15) is 11.3 Å². The Labute approximate surface area is 127 Å². The molecule has 1 aromatic heterocycles. The summed E-state index contributed by atoms with van der Waals surface area (Å²) in [6.45, 7) is 8.97. The van der Waals surface area contributed by atoms with Crippen molar-refractivity contribution >= 4 is 11.0 Å². The van der Waals surface area contributed by atoms with Gasteiger partial charge in [0.15, 0.2) is 0 Å². The molecule has 0 unspecified atom stereocenters. The maximum Gasteiger partial charge on any atom is 0.134 e. The minimum Gasteiger partial charge on any atom is -0.461 e. The largest absolute Gasteiger partial charge is 0.461 e. The maximum absolute atomic E-state index is 5.97. The number of likely N-dealkylation sites (tertiary alicyclic amines) is 1. The molecule has 0 atom stereocenters. The van der Waals surface area contributed by atoms with Crippen molar-refractivity contribution in [3.8, 4) is 0 Å². The van der Waals surface area contributed by atoms with Crippen LogP contribution in [0.3, 0.4) is 0 Å². The van der Waals surface area contributed by atoms with Crippen molar-refractivity contribution in [1.29, 1.82) is 0 Å². The zero-order valence-corrected chi connectivity index (χ0v) is 13.2. The number of nitrogens with zero attached hydrogens (tertiary/aromatic N) is 1. The molecule has 0 saturated carbocycles. The summed E-state index contributed by atoms with van der Waals surface area (Å²) >= 11 is 0. The summed E-state index contributed by atoms with van der Waals surface area (Å²) in [6.07, 6.45) is 3.47. The van der Waals surface area contributed by atoms with Crippen LogP contribution in [0.15, 0.2) is 28.7 Å². The average Bonchev–Trinajstić information content (AvgIpc) is 2.91. The second-order valence-electron chi connectivity index (χ2n) is 5.94. The average molecular weight is 286 g/mol. The molecule has 21 heavy (non-hydrogen) atoms. The van der Waals surface area contributed by atoms with Crippen molar-refractivity contribution in [3.63, 3.8) is 0 Å². The summed E-state index contributed by atoms with van der Waals surface area (Å²) < 4.78 is 5.97. The van der Waals surface area contributed by atoms with E-state index in [1.165, 1.54) is 43.4 Å². The lowest BCUT2D eigenvalue weighted by Crippen LogP contribution is -2.42. The molecule has 3 heteroatoms. The van der Waals surface area contributed by atoms with E-state index in [0.29, 0.717) is 6.04 Å². The van der Waals surface area contributed by atoms with E-state index in [2.05, 4.69) is 42.3 Å². The molecule has 0 spiro atoms.